The molecule has 0 aromatic heterocycles. The summed E-state index contributed by atoms with van der Waals surface area (Å²) in [6, 6.07) is 0. The molecule has 1 saturated heterocycles. The van der Waals surface area contributed by atoms with Gasteiger partial charge in [0.15, 0.2) is 0 Å². The summed E-state index contributed by atoms with van der Waals surface area (Å²) in [5, 5.41) is 0. The fourth-order valence-corrected chi connectivity index (χ4v) is 3.31. The molecule has 0 spiro atoms. The quantitative estimate of drug-likeness (QED) is 0.213. The predicted octanol–water partition coefficient (Wildman–Crippen LogP) is 5.70. The minimum atomic E-state index is -0.326. The van der Waals surface area contributed by atoms with E-state index in [2.05, 4.69) is 19.1 Å². The van der Waals surface area contributed by atoms with Crippen molar-refractivity contribution in [3.63, 3.8) is 0 Å². The lowest BCUT2D eigenvalue weighted by molar-refractivity contribution is -0.149. The van der Waals surface area contributed by atoms with E-state index in [1.165, 1.54) is 57.8 Å². The van der Waals surface area contributed by atoms with Gasteiger partial charge in [-0.3, -0.25) is 14.4 Å². The fraction of sp³-hybridized carbons (Fsp3) is 0.773. The average Bonchev–Trinajstić information content (AvgIpc) is 2.96. The molecule has 0 bridgehead atoms. The van der Waals surface area contributed by atoms with Gasteiger partial charge in [-0.15, -0.1) is 0 Å². The molecule has 3 amide bonds. The van der Waals surface area contributed by atoms with E-state index in [9.17, 15) is 14.4 Å². The highest BCUT2D eigenvalue weighted by Gasteiger charge is 2.33. The van der Waals surface area contributed by atoms with Gasteiger partial charge in [0.1, 0.15) is 0 Å². The van der Waals surface area contributed by atoms with Crippen LogP contribution in [0, 0.1) is 0 Å². The highest BCUT2D eigenvalue weighted by Crippen LogP contribution is 2.15. The van der Waals surface area contributed by atoms with Crippen LogP contribution in [-0.4, -0.2) is 22.6 Å². The van der Waals surface area contributed by atoms with Crippen molar-refractivity contribution in [3.05, 3.63) is 12.2 Å². The largest absolute Gasteiger partial charge is 0.274 e. The van der Waals surface area contributed by atoms with Crippen molar-refractivity contribution in [3.8, 4) is 0 Å². The number of rotatable bonds is 15. The molecule has 0 aromatic carbocycles. The van der Waals surface area contributed by atoms with Gasteiger partial charge in [0, 0.05) is 19.3 Å². The second-order valence-corrected chi connectivity index (χ2v) is 7.35. The number of carbonyl (C=O) groups is 3. The normalized spacial score (nSPS) is 14.7. The SMILES string of the molecule is CCCCCCCC/C=C\CCCCCCCC(=O)N1C(=O)CCC1=O. The average molecular weight is 364 g/mol. The smallest absolute Gasteiger partial charge is 0.236 e. The Balaban J connectivity index is 1.87. The monoisotopic (exact) mass is 363 g/mol. The van der Waals surface area contributed by atoms with Gasteiger partial charge < -0.3 is 0 Å². The van der Waals surface area contributed by atoms with Gasteiger partial charge in [0.2, 0.25) is 17.7 Å². The Kier molecular flexibility index (Phi) is 12.8. The second-order valence-electron chi connectivity index (χ2n) is 7.35. The molecular formula is C22H37NO3. The number of imide groups is 3. The van der Waals surface area contributed by atoms with Crippen LogP contribution in [0.25, 0.3) is 0 Å². The lowest BCUT2D eigenvalue weighted by atomic mass is 10.1. The van der Waals surface area contributed by atoms with Crippen molar-refractivity contribution in [2.45, 2.75) is 110 Å². The molecule has 1 heterocycles. The van der Waals surface area contributed by atoms with Gasteiger partial charge in [-0.1, -0.05) is 70.4 Å². The molecule has 0 aliphatic carbocycles. The summed E-state index contributed by atoms with van der Waals surface area (Å²) in [6.07, 6.45) is 21.1. The number of unbranched alkanes of at least 4 members (excludes halogenated alkanes) is 11. The van der Waals surface area contributed by atoms with E-state index in [1.807, 2.05) is 0 Å². The van der Waals surface area contributed by atoms with Crippen LogP contribution in [0.15, 0.2) is 12.2 Å². The van der Waals surface area contributed by atoms with Crippen molar-refractivity contribution < 1.29 is 14.4 Å². The summed E-state index contributed by atoms with van der Waals surface area (Å²) in [5.41, 5.74) is 0. The van der Waals surface area contributed by atoms with Crippen molar-refractivity contribution >= 4 is 17.7 Å². The first kappa shape index (κ1) is 22.6. The van der Waals surface area contributed by atoms with Gasteiger partial charge in [-0.05, 0) is 32.1 Å². The molecule has 0 aromatic rings. The van der Waals surface area contributed by atoms with Gasteiger partial charge in [-0.2, -0.15) is 0 Å². The number of hydrogen-bond acceptors (Lipinski definition) is 3. The zero-order valence-corrected chi connectivity index (χ0v) is 16.6. The van der Waals surface area contributed by atoms with Crippen LogP contribution in [0.1, 0.15) is 110 Å². The van der Waals surface area contributed by atoms with Crippen LogP contribution in [0.3, 0.4) is 0 Å². The third-order valence-corrected chi connectivity index (χ3v) is 4.95. The molecule has 0 unspecified atom stereocenters. The minimum Gasteiger partial charge on any atom is -0.274 e. The second kappa shape index (κ2) is 14.7. The topological polar surface area (TPSA) is 54.5 Å². The molecule has 0 radical (unpaired) electrons. The lowest BCUT2D eigenvalue weighted by Crippen LogP contribution is -2.35. The van der Waals surface area contributed by atoms with Crippen LogP contribution in [-0.2, 0) is 14.4 Å². The van der Waals surface area contributed by atoms with E-state index in [0.29, 0.717) is 6.42 Å². The van der Waals surface area contributed by atoms with E-state index >= 15 is 0 Å². The Morgan fingerprint density at radius 1 is 0.769 bits per heavy atom. The summed E-state index contributed by atoms with van der Waals surface area (Å²) >= 11 is 0. The Labute approximate surface area is 159 Å². The van der Waals surface area contributed by atoms with Crippen LogP contribution in [0.4, 0.5) is 0 Å². The third kappa shape index (κ3) is 9.88. The Morgan fingerprint density at radius 2 is 1.23 bits per heavy atom. The number of hydrogen-bond donors (Lipinski definition) is 0. The summed E-state index contributed by atoms with van der Waals surface area (Å²) in [4.78, 5) is 35.7. The van der Waals surface area contributed by atoms with Crippen LogP contribution in [0.2, 0.25) is 0 Å². The summed E-state index contributed by atoms with van der Waals surface area (Å²) < 4.78 is 0. The fourth-order valence-electron chi connectivity index (χ4n) is 3.31. The molecule has 1 fully saturated rings. The first-order valence-electron chi connectivity index (χ1n) is 10.7. The number of allylic oxidation sites excluding steroid dienone is 2. The van der Waals surface area contributed by atoms with E-state index in [-0.39, 0.29) is 30.6 Å². The molecular weight excluding hydrogens is 326 g/mol. The van der Waals surface area contributed by atoms with Gasteiger partial charge in [0.25, 0.3) is 0 Å². The maximum atomic E-state index is 11.9. The van der Waals surface area contributed by atoms with Crippen LogP contribution in [0.5, 0.6) is 0 Å². The van der Waals surface area contributed by atoms with Crippen LogP contribution < -0.4 is 0 Å². The molecule has 4 nitrogen and oxygen atoms in total. The molecule has 0 atom stereocenters. The molecule has 148 valence electrons. The first-order chi connectivity index (χ1) is 12.7. The van der Waals surface area contributed by atoms with Crippen molar-refractivity contribution in [1.82, 2.24) is 4.90 Å². The number of amides is 3. The Morgan fingerprint density at radius 3 is 1.77 bits per heavy atom. The highest BCUT2D eigenvalue weighted by molar-refractivity contribution is 6.14. The Bertz CT molecular complexity index is 440. The summed E-state index contributed by atoms with van der Waals surface area (Å²) in [6.45, 7) is 2.25. The zero-order chi connectivity index (χ0) is 19.0. The molecule has 26 heavy (non-hydrogen) atoms. The summed E-state index contributed by atoms with van der Waals surface area (Å²) in [5.74, 6) is -0.962. The zero-order valence-electron chi connectivity index (χ0n) is 16.6. The Hall–Kier alpha value is -1.45. The van der Waals surface area contributed by atoms with Crippen molar-refractivity contribution in [2.75, 3.05) is 0 Å². The molecule has 4 heteroatoms. The van der Waals surface area contributed by atoms with Gasteiger partial charge in [-0.25, -0.2) is 4.90 Å². The predicted molar refractivity (Wildman–Crippen MR) is 106 cm³/mol. The van der Waals surface area contributed by atoms with Crippen molar-refractivity contribution in [1.29, 1.82) is 0 Å². The molecule has 1 aliphatic rings. The lowest BCUT2D eigenvalue weighted by Gasteiger charge is -2.11. The number of carbonyl (C=O) groups excluding carboxylic acids is 3. The molecule has 1 aliphatic heterocycles. The third-order valence-electron chi connectivity index (χ3n) is 4.95. The first-order valence-corrected chi connectivity index (χ1v) is 10.7. The minimum absolute atomic E-state index is 0.191. The molecule has 0 saturated carbocycles. The standard InChI is InChI=1S/C22H37NO3/c1-2-3-4-5-6-7-8-9-10-11-12-13-14-15-16-17-20(24)23-21(25)18-19-22(23)26/h9-10H,2-8,11-19H2,1H3/b10-9-. The van der Waals surface area contributed by atoms with E-state index < -0.39 is 0 Å². The van der Waals surface area contributed by atoms with E-state index in [0.717, 1.165) is 30.6 Å². The summed E-state index contributed by atoms with van der Waals surface area (Å²) in [7, 11) is 0. The maximum absolute atomic E-state index is 11.9. The number of likely N-dealkylation sites (tertiary alicyclic amines) is 1. The highest BCUT2D eigenvalue weighted by atomic mass is 16.2. The molecule has 1 rings (SSSR count). The molecule has 0 N–H and O–H groups in total. The van der Waals surface area contributed by atoms with E-state index in [1.54, 1.807) is 0 Å². The number of nitrogens with zero attached hydrogens (tertiary/aromatic N) is 1. The maximum Gasteiger partial charge on any atom is 0.236 e. The van der Waals surface area contributed by atoms with E-state index in [4.69, 9.17) is 0 Å². The van der Waals surface area contributed by atoms with Crippen molar-refractivity contribution in [2.24, 2.45) is 0 Å². The van der Waals surface area contributed by atoms with Gasteiger partial charge in [0.05, 0.1) is 0 Å². The van der Waals surface area contributed by atoms with Crippen LogP contribution >= 0.6 is 0 Å². The van der Waals surface area contributed by atoms with Gasteiger partial charge >= 0.3 is 0 Å².